The van der Waals surface area contributed by atoms with Crippen LogP contribution in [0.4, 0.5) is 0 Å². The molecule has 2 nitrogen and oxygen atoms in total. The molecule has 1 aliphatic rings. The number of thiophene rings is 1. The van der Waals surface area contributed by atoms with Gasteiger partial charge in [-0.05, 0) is 115 Å². The van der Waals surface area contributed by atoms with Crippen LogP contribution >= 0.6 is 11.3 Å². The van der Waals surface area contributed by atoms with Crippen LogP contribution in [0, 0.1) is 0 Å². The lowest BCUT2D eigenvalue weighted by atomic mass is 9.80. The molecule has 0 bridgehead atoms. The van der Waals surface area contributed by atoms with E-state index in [9.17, 15) is 0 Å². The van der Waals surface area contributed by atoms with Crippen LogP contribution in [0.1, 0.15) is 25.0 Å². The molecule has 1 aliphatic carbocycles. The Labute approximate surface area is 353 Å². The number of fused-ring (bicyclic) bond motifs is 9. The predicted molar refractivity (Wildman–Crippen MR) is 255 cm³/mol. The maximum absolute atomic E-state index is 5.37. The zero-order valence-electron chi connectivity index (χ0n) is 33.3. The fourth-order valence-corrected chi connectivity index (χ4v) is 10.8. The third-order valence-electron chi connectivity index (χ3n) is 12.6. The highest BCUT2D eigenvalue weighted by atomic mass is 32.1. The van der Waals surface area contributed by atoms with Crippen molar-refractivity contribution in [2.45, 2.75) is 19.3 Å². The lowest BCUT2D eigenvalue weighted by Crippen LogP contribution is -2.15. The van der Waals surface area contributed by atoms with Crippen LogP contribution in [0.2, 0.25) is 0 Å². The van der Waals surface area contributed by atoms with Crippen LogP contribution in [-0.2, 0) is 5.41 Å². The summed E-state index contributed by atoms with van der Waals surface area (Å²) in [6.07, 6.45) is 0. The molecule has 0 radical (unpaired) electrons. The maximum atomic E-state index is 5.37. The molecule has 2 heterocycles. The smallest absolute Gasteiger partial charge is 0.160 e. The predicted octanol–water partition coefficient (Wildman–Crippen LogP) is 15.8. The molecule has 2 aromatic heterocycles. The second-order valence-corrected chi connectivity index (χ2v) is 17.6. The van der Waals surface area contributed by atoms with Crippen molar-refractivity contribution in [1.82, 2.24) is 9.97 Å². The summed E-state index contributed by atoms with van der Waals surface area (Å²) >= 11 is 1.85. The van der Waals surface area contributed by atoms with Crippen LogP contribution in [-0.4, -0.2) is 9.97 Å². The van der Waals surface area contributed by atoms with Gasteiger partial charge in [-0.1, -0.05) is 159 Å². The molecule has 0 amide bonds. The van der Waals surface area contributed by atoms with Gasteiger partial charge in [-0.2, -0.15) is 0 Å². The van der Waals surface area contributed by atoms with Gasteiger partial charge in [0, 0.05) is 42.3 Å². The Kier molecular flexibility index (Phi) is 7.79. The lowest BCUT2D eigenvalue weighted by molar-refractivity contribution is 0.666. The highest BCUT2D eigenvalue weighted by molar-refractivity contribution is 7.25. The van der Waals surface area contributed by atoms with E-state index >= 15 is 0 Å². The van der Waals surface area contributed by atoms with Crippen LogP contribution in [0.5, 0.6) is 0 Å². The summed E-state index contributed by atoms with van der Waals surface area (Å²) in [5.74, 6) is 0.709. The van der Waals surface area contributed by atoms with Gasteiger partial charge in [0.15, 0.2) is 5.82 Å². The fourth-order valence-electron chi connectivity index (χ4n) is 9.70. The summed E-state index contributed by atoms with van der Waals surface area (Å²) in [6, 6.07) is 70.8. The van der Waals surface area contributed by atoms with Crippen molar-refractivity contribution in [3.05, 3.63) is 205 Å². The molecule has 0 spiro atoms. The third kappa shape index (κ3) is 5.54. The Balaban J connectivity index is 1.07. The zero-order chi connectivity index (χ0) is 40.0. The average Bonchev–Trinajstić information content (AvgIpc) is 3.79. The molecule has 3 heteroatoms. The Morgan fingerprint density at radius 3 is 1.85 bits per heavy atom. The molecule has 12 rings (SSSR count). The van der Waals surface area contributed by atoms with E-state index in [-0.39, 0.29) is 5.41 Å². The molecule has 60 heavy (non-hydrogen) atoms. The first-order valence-corrected chi connectivity index (χ1v) is 21.5. The molecule has 0 unspecified atom stereocenters. The zero-order valence-corrected chi connectivity index (χ0v) is 34.1. The van der Waals surface area contributed by atoms with Crippen LogP contribution in [0.25, 0.3) is 109 Å². The van der Waals surface area contributed by atoms with E-state index in [1.54, 1.807) is 0 Å². The minimum Gasteiger partial charge on any atom is -0.228 e. The van der Waals surface area contributed by atoms with Gasteiger partial charge >= 0.3 is 0 Å². The molecular formula is C57H38N2S. The van der Waals surface area contributed by atoms with Gasteiger partial charge in [0.1, 0.15) is 0 Å². The summed E-state index contributed by atoms with van der Waals surface area (Å²) in [6.45, 7) is 4.73. The molecular weight excluding hydrogens is 745 g/mol. The van der Waals surface area contributed by atoms with Gasteiger partial charge in [0.25, 0.3) is 0 Å². The van der Waals surface area contributed by atoms with Crippen molar-refractivity contribution in [3.63, 3.8) is 0 Å². The monoisotopic (exact) mass is 782 g/mol. The molecule has 0 saturated heterocycles. The second-order valence-electron chi connectivity index (χ2n) is 16.6. The third-order valence-corrected chi connectivity index (χ3v) is 13.8. The average molecular weight is 783 g/mol. The number of aromatic nitrogens is 2. The molecule has 0 atom stereocenters. The number of nitrogens with zero attached hydrogens (tertiary/aromatic N) is 2. The Morgan fingerprint density at radius 2 is 1.00 bits per heavy atom. The van der Waals surface area contributed by atoms with Crippen LogP contribution in [0.3, 0.4) is 0 Å². The summed E-state index contributed by atoms with van der Waals surface area (Å²) in [7, 11) is 0. The number of benzene rings is 9. The minimum atomic E-state index is -0.184. The summed E-state index contributed by atoms with van der Waals surface area (Å²) < 4.78 is 2.61. The van der Waals surface area contributed by atoms with Gasteiger partial charge < -0.3 is 0 Å². The highest BCUT2D eigenvalue weighted by Crippen LogP contribution is 2.52. The van der Waals surface area contributed by atoms with Gasteiger partial charge in [0.05, 0.1) is 11.4 Å². The lowest BCUT2D eigenvalue weighted by Gasteiger charge is -2.23. The van der Waals surface area contributed by atoms with Gasteiger partial charge in [-0.15, -0.1) is 11.3 Å². The Morgan fingerprint density at radius 1 is 0.367 bits per heavy atom. The first-order chi connectivity index (χ1) is 29.5. The van der Waals surface area contributed by atoms with Crippen molar-refractivity contribution < 1.29 is 0 Å². The molecule has 0 fully saturated rings. The normalized spacial score (nSPS) is 13.0. The van der Waals surface area contributed by atoms with Gasteiger partial charge in [-0.25, -0.2) is 9.97 Å². The van der Waals surface area contributed by atoms with E-state index in [0.29, 0.717) is 5.82 Å². The molecule has 282 valence electrons. The van der Waals surface area contributed by atoms with Crippen LogP contribution < -0.4 is 0 Å². The van der Waals surface area contributed by atoms with Crippen molar-refractivity contribution in [2.24, 2.45) is 0 Å². The first kappa shape index (κ1) is 34.8. The van der Waals surface area contributed by atoms with Gasteiger partial charge in [-0.3, -0.25) is 0 Å². The minimum absolute atomic E-state index is 0.184. The van der Waals surface area contributed by atoms with Crippen LogP contribution in [0.15, 0.2) is 194 Å². The molecule has 11 aromatic rings. The van der Waals surface area contributed by atoms with E-state index in [2.05, 4.69) is 202 Å². The first-order valence-electron chi connectivity index (χ1n) is 20.6. The molecule has 0 N–H and O–H groups in total. The Bertz CT molecular complexity index is 3520. The van der Waals surface area contributed by atoms with Crippen molar-refractivity contribution in [3.8, 4) is 67.3 Å². The van der Waals surface area contributed by atoms with E-state index in [0.717, 1.165) is 39.2 Å². The SMILES string of the molecule is CC1(C)c2cc(-c3cc(-c4cc(-c5ccc6sc7ccccc7c6c5)cc(-c5cccc6ccccc56)c4)nc(-c4ccccc4)n3)ccc2-c2ccc3ccccc3c21. The number of rotatable bonds is 5. The fraction of sp³-hybridized carbons (Fsp3) is 0.0526. The number of hydrogen-bond acceptors (Lipinski definition) is 3. The molecule has 9 aromatic carbocycles. The van der Waals surface area contributed by atoms with E-state index in [4.69, 9.17) is 9.97 Å². The number of hydrogen-bond donors (Lipinski definition) is 0. The molecule has 0 saturated carbocycles. The Hall–Kier alpha value is -7.20. The quantitative estimate of drug-likeness (QED) is 0.174. The highest BCUT2D eigenvalue weighted by Gasteiger charge is 2.37. The molecule has 0 aliphatic heterocycles. The summed E-state index contributed by atoms with van der Waals surface area (Å²) in [4.78, 5) is 10.7. The topological polar surface area (TPSA) is 25.8 Å². The summed E-state index contributed by atoms with van der Waals surface area (Å²) in [5, 5.41) is 7.63. The largest absolute Gasteiger partial charge is 0.228 e. The van der Waals surface area contributed by atoms with Crippen molar-refractivity contribution >= 4 is 53.1 Å². The van der Waals surface area contributed by atoms with Crippen molar-refractivity contribution in [2.75, 3.05) is 0 Å². The second kappa shape index (κ2) is 13.4. The maximum Gasteiger partial charge on any atom is 0.160 e. The summed E-state index contributed by atoms with van der Waals surface area (Å²) in [5.41, 5.74) is 14.7. The van der Waals surface area contributed by atoms with E-state index in [1.807, 2.05) is 17.4 Å². The van der Waals surface area contributed by atoms with Gasteiger partial charge in [0.2, 0.25) is 0 Å². The standard InChI is InChI=1S/C57H38N2S/c1-57(2)50-33-39(24-26-46(50)48-27-23-36-14-7-9-19-45(36)55(48)57)51-34-52(59-56(58-51)37-15-4-3-5-16-37)42-30-40(29-41(31-42)44-21-12-17-35-13-6-8-18-43(35)44)38-25-28-54-49(32-38)47-20-10-11-22-53(47)60-54/h3-34H,1-2H3. The van der Waals surface area contributed by atoms with E-state index < -0.39 is 0 Å². The van der Waals surface area contributed by atoms with Crippen molar-refractivity contribution in [1.29, 1.82) is 0 Å². The van der Waals surface area contributed by atoms with E-state index in [1.165, 1.54) is 75.1 Å².